The maximum atomic E-state index is 11.4. The fourth-order valence-corrected chi connectivity index (χ4v) is 1.99. The van der Waals surface area contributed by atoms with Gasteiger partial charge in [0.2, 0.25) is 0 Å². The molecule has 2 rings (SSSR count). The topological polar surface area (TPSA) is 63.6 Å². The molecule has 2 heterocycles. The van der Waals surface area contributed by atoms with Gasteiger partial charge in [-0.15, -0.1) is 0 Å². The molecule has 0 bridgehead atoms. The molecule has 84 valence electrons. The first-order valence-electron chi connectivity index (χ1n) is 4.47. The third kappa shape index (κ3) is 1.75. The number of nitrogens with zero attached hydrogens (tertiary/aromatic N) is 3. The molecule has 2 aromatic rings. The zero-order valence-corrected chi connectivity index (χ0v) is 11.5. The van der Waals surface area contributed by atoms with Crippen LogP contribution >= 0.6 is 34.2 Å². The Labute approximate surface area is 110 Å². The molecule has 0 aliphatic rings. The molecular weight excluding hydrogens is 342 g/mol. The number of aryl methyl sites for hydroxylation is 1. The summed E-state index contributed by atoms with van der Waals surface area (Å²) in [6.07, 6.45) is 1.35. The molecule has 16 heavy (non-hydrogen) atoms. The van der Waals surface area contributed by atoms with E-state index in [1.54, 1.807) is 4.68 Å². The van der Waals surface area contributed by atoms with Crippen molar-refractivity contribution in [2.24, 2.45) is 0 Å². The average Bonchev–Trinajstić information content (AvgIpc) is 2.50. The van der Waals surface area contributed by atoms with Crippen molar-refractivity contribution in [2.75, 3.05) is 0 Å². The number of aromatic amines is 1. The second-order valence-electron chi connectivity index (χ2n) is 3.27. The molecular formula is C9H8ClIN4O. The fourth-order valence-electron chi connectivity index (χ4n) is 1.35. The lowest BCUT2D eigenvalue weighted by atomic mass is 10.4. The normalized spacial score (nSPS) is 10.8. The van der Waals surface area contributed by atoms with Gasteiger partial charge in [0.05, 0.1) is 22.7 Å². The molecule has 0 amide bonds. The lowest BCUT2D eigenvalue weighted by molar-refractivity contribution is 0.791. The van der Waals surface area contributed by atoms with Crippen molar-refractivity contribution in [1.29, 1.82) is 0 Å². The highest BCUT2D eigenvalue weighted by Crippen LogP contribution is 2.22. The van der Waals surface area contributed by atoms with Crippen LogP contribution in [0.4, 0.5) is 0 Å². The minimum absolute atomic E-state index is 0.186. The summed E-state index contributed by atoms with van der Waals surface area (Å²) in [4.78, 5) is 18.0. The minimum atomic E-state index is -0.186. The molecule has 0 atom stereocenters. The number of rotatable bonds is 1. The van der Waals surface area contributed by atoms with Gasteiger partial charge in [-0.25, -0.2) is 9.67 Å². The van der Waals surface area contributed by atoms with Crippen LogP contribution in [0, 0.1) is 17.4 Å². The van der Waals surface area contributed by atoms with Gasteiger partial charge < -0.3 is 4.98 Å². The quantitative estimate of drug-likeness (QED) is 0.798. The van der Waals surface area contributed by atoms with E-state index in [-0.39, 0.29) is 5.56 Å². The van der Waals surface area contributed by atoms with Crippen molar-refractivity contribution >= 4 is 34.2 Å². The Balaban J connectivity index is 2.73. The number of aromatic nitrogens is 4. The van der Waals surface area contributed by atoms with Gasteiger partial charge in [-0.2, -0.15) is 5.10 Å². The monoisotopic (exact) mass is 350 g/mol. The molecule has 1 N–H and O–H groups in total. The summed E-state index contributed by atoms with van der Waals surface area (Å²) in [7, 11) is 0. The molecule has 0 spiro atoms. The summed E-state index contributed by atoms with van der Waals surface area (Å²) in [5.74, 6) is 0.497. The zero-order valence-electron chi connectivity index (χ0n) is 8.58. The predicted molar refractivity (Wildman–Crippen MR) is 69.2 cm³/mol. The third-order valence-corrected chi connectivity index (χ3v) is 3.70. The Morgan fingerprint density at radius 2 is 2.19 bits per heavy atom. The standard InChI is InChI=1S/C9H8ClIN4O/c1-4-6(10)5(2)15(14-4)8-7(11)9(16)13-3-12-8/h3H,1-2H3,(H,12,13,16). The maximum absolute atomic E-state index is 11.4. The number of hydrogen-bond acceptors (Lipinski definition) is 3. The van der Waals surface area contributed by atoms with E-state index in [0.717, 1.165) is 11.4 Å². The first kappa shape index (κ1) is 11.6. The summed E-state index contributed by atoms with van der Waals surface area (Å²) in [5, 5.41) is 4.84. The molecule has 0 unspecified atom stereocenters. The van der Waals surface area contributed by atoms with E-state index in [1.165, 1.54) is 6.33 Å². The molecule has 0 saturated heterocycles. The highest BCUT2D eigenvalue weighted by molar-refractivity contribution is 14.1. The average molecular weight is 351 g/mol. The van der Waals surface area contributed by atoms with Crippen molar-refractivity contribution in [1.82, 2.24) is 19.7 Å². The van der Waals surface area contributed by atoms with Gasteiger partial charge in [-0.05, 0) is 36.4 Å². The molecule has 7 heteroatoms. The van der Waals surface area contributed by atoms with Gasteiger partial charge in [0.25, 0.3) is 5.56 Å². The number of nitrogens with one attached hydrogen (secondary N) is 1. The van der Waals surface area contributed by atoms with Crippen LogP contribution in [-0.2, 0) is 0 Å². The van der Waals surface area contributed by atoms with E-state index in [4.69, 9.17) is 11.6 Å². The van der Waals surface area contributed by atoms with Gasteiger partial charge in [0.1, 0.15) is 3.57 Å². The molecule has 0 aliphatic carbocycles. The van der Waals surface area contributed by atoms with Crippen LogP contribution in [0.2, 0.25) is 5.02 Å². The van der Waals surface area contributed by atoms with Crippen molar-refractivity contribution in [3.05, 3.63) is 36.7 Å². The van der Waals surface area contributed by atoms with E-state index in [9.17, 15) is 4.79 Å². The Morgan fingerprint density at radius 1 is 1.50 bits per heavy atom. The minimum Gasteiger partial charge on any atom is -0.312 e. The van der Waals surface area contributed by atoms with Crippen LogP contribution in [0.3, 0.4) is 0 Å². The van der Waals surface area contributed by atoms with E-state index in [0.29, 0.717) is 14.4 Å². The van der Waals surface area contributed by atoms with E-state index < -0.39 is 0 Å². The maximum Gasteiger partial charge on any atom is 0.266 e. The first-order chi connectivity index (χ1) is 7.52. The van der Waals surface area contributed by atoms with Gasteiger partial charge >= 0.3 is 0 Å². The van der Waals surface area contributed by atoms with Crippen LogP contribution in [-0.4, -0.2) is 19.7 Å². The third-order valence-electron chi connectivity index (χ3n) is 2.18. The molecule has 0 saturated carbocycles. The van der Waals surface area contributed by atoms with Crippen LogP contribution in [0.15, 0.2) is 11.1 Å². The summed E-state index contributed by atoms with van der Waals surface area (Å²) >= 11 is 7.98. The Morgan fingerprint density at radius 3 is 2.75 bits per heavy atom. The van der Waals surface area contributed by atoms with Crippen molar-refractivity contribution in [3.8, 4) is 5.82 Å². The second kappa shape index (κ2) is 4.17. The number of hydrogen-bond donors (Lipinski definition) is 1. The van der Waals surface area contributed by atoms with Gasteiger partial charge in [0, 0.05) is 0 Å². The Kier molecular flexibility index (Phi) is 3.02. The van der Waals surface area contributed by atoms with Crippen LogP contribution in [0.1, 0.15) is 11.4 Å². The Bertz CT molecular complexity index is 604. The summed E-state index contributed by atoms with van der Waals surface area (Å²) in [6, 6.07) is 0. The van der Waals surface area contributed by atoms with Gasteiger partial charge in [-0.1, -0.05) is 11.6 Å². The van der Waals surface area contributed by atoms with Crippen LogP contribution in [0.25, 0.3) is 5.82 Å². The fraction of sp³-hybridized carbons (Fsp3) is 0.222. The highest BCUT2D eigenvalue weighted by Gasteiger charge is 2.15. The molecule has 2 aromatic heterocycles. The van der Waals surface area contributed by atoms with Crippen LogP contribution in [0.5, 0.6) is 0 Å². The van der Waals surface area contributed by atoms with Crippen LogP contribution < -0.4 is 5.56 Å². The largest absolute Gasteiger partial charge is 0.312 e. The lowest BCUT2D eigenvalue weighted by Crippen LogP contribution is -2.16. The van der Waals surface area contributed by atoms with Crippen molar-refractivity contribution < 1.29 is 0 Å². The summed E-state index contributed by atoms with van der Waals surface area (Å²) < 4.78 is 2.07. The van der Waals surface area contributed by atoms with Crippen molar-refractivity contribution in [3.63, 3.8) is 0 Å². The highest BCUT2D eigenvalue weighted by atomic mass is 127. The SMILES string of the molecule is Cc1nn(-c2nc[nH]c(=O)c2I)c(C)c1Cl. The molecule has 0 fully saturated rings. The smallest absolute Gasteiger partial charge is 0.266 e. The zero-order chi connectivity index (χ0) is 11.9. The van der Waals surface area contributed by atoms with E-state index in [2.05, 4.69) is 15.1 Å². The number of halogens is 2. The van der Waals surface area contributed by atoms with E-state index in [1.807, 2.05) is 36.4 Å². The molecule has 0 radical (unpaired) electrons. The summed E-state index contributed by atoms with van der Waals surface area (Å²) in [6.45, 7) is 3.65. The Hall–Kier alpha value is -0.890. The molecule has 5 nitrogen and oxygen atoms in total. The molecule has 0 aromatic carbocycles. The lowest BCUT2D eigenvalue weighted by Gasteiger charge is -2.04. The predicted octanol–water partition coefficient (Wildman–Crippen LogP) is 1.83. The van der Waals surface area contributed by atoms with Gasteiger partial charge in [0.15, 0.2) is 5.82 Å². The molecule has 0 aliphatic heterocycles. The van der Waals surface area contributed by atoms with Crippen molar-refractivity contribution in [2.45, 2.75) is 13.8 Å². The second-order valence-corrected chi connectivity index (χ2v) is 4.72. The van der Waals surface area contributed by atoms with Gasteiger partial charge in [-0.3, -0.25) is 4.79 Å². The number of H-pyrrole nitrogens is 1. The van der Waals surface area contributed by atoms with E-state index >= 15 is 0 Å². The summed E-state index contributed by atoms with van der Waals surface area (Å²) in [5.41, 5.74) is 1.31. The first-order valence-corrected chi connectivity index (χ1v) is 5.93.